The molecule has 152 valence electrons. The molecule has 4 aromatic rings. The quantitative estimate of drug-likeness (QED) is 0.379. The van der Waals surface area contributed by atoms with E-state index in [1.54, 1.807) is 31.5 Å². The van der Waals surface area contributed by atoms with Crippen LogP contribution in [0.4, 0.5) is 0 Å². The topological polar surface area (TPSA) is 101 Å². The SMILES string of the molecule is COCCCNC(=O)c1cc2c(=O)n3ccccc3nc2n(-c2ccccc2)c1=N. The molecule has 1 amide bonds. The molecule has 0 radical (unpaired) electrons. The van der Waals surface area contributed by atoms with Gasteiger partial charge in [0.25, 0.3) is 11.5 Å². The number of fused-ring (bicyclic) bond motifs is 2. The number of ether oxygens (including phenoxy) is 1. The Balaban J connectivity index is 1.98. The lowest BCUT2D eigenvalue weighted by Gasteiger charge is -2.14. The molecule has 0 bridgehead atoms. The third-order valence-corrected chi connectivity index (χ3v) is 4.80. The molecule has 0 fully saturated rings. The molecule has 1 aromatic carbocycles. The first-order chi connectivity index (χ1) is 14.6. The fourth-order valence-electron chi connectivity index (χ4n) is 3.34. The van der Waals surface area contributed by atoms with Crippen LogP contribution in [0.1, 0.15) is 16.8 Å². The van der Waals surface area contributed by atoms with Crippen molar-refractivity contribution in [3.8, 4) is 5.69 Å². The molecule has 2 N–H and O–H groups in total. The number of nitrogens with zero attached hydrogens (tertiary/aromatic N) is 3. The average molecular weight is 403 g/mol. The second kappa shape index (κ2) is 8.30. The van der Waals surface area contributed by atoms with Gasteiger partial charge in [-0.05, 0) is 36.8 Å². The first kappa shape index (κ1) is 19.5. The van der Waals surface area contributed by atoms with E-state index in [0.717, 1.165) is 0 Å². The Kier molecular flexibility index (Phi) is 5.40. The third-order valence-electron chi connectivity index (χ3n) is 4.80. The molecule has 0 atom stereocenters. The Bertz CT molecular complexity index is 1340. The molecule has 3 aromatic heterocycles. The maximum absolute atomic E-state index is 13.2. The summed E-state index contributed by atoms with van der Waals surface area (Å²) >= 11 is 0. The van der Waals surface area contributed by atoms with Gasteiger partial charge < -0.3 is 10.1 Å². The smallest absolute Gasteiger partial charge is 0.267 e. The van der Waals surface area contributed by atoms with Crippen LogP contribution in [0.5, 0.6) is 0 Å². The lowest BCUT2D eigenvalue weighted by molar-refractivity contribution is 0.0946. The summed E-state index contributed by atoms with van der Waals surface area (Å²) in [6.45, 7) is 0.928. The fraction of sp³-hybridized carbons (Fsp3) is 0.182. The molecule has 0 aliphatic carbocycles. The van der Waals surface area contributed by atoms with E-state index < -0.39 is 5.91 Å². The predicted octanol–water partition coefficient (Wildman–Crippen LogP) is 1.88. The van der Waals surface area contributed by atoms with Gasteiger partial charge in [-0.2, -0.15) is 0 Å². The molecule has 8 nitrogen and oxygen atoms in total. The predicted molar refractivity (Wildman–Crippen MR) is 113 cm³/mol. The number of methoxy groups -OCH3 is 1. The number of para-hydroxylation sites is 1. The van der Waals surface area contributed by atoms with Crippen LogP contribution in [0, 0.1) is 5.41 Å². The summed E-state index contributed by atoms with van der Waals surface area (Å²) in [7, 11) is 1.60. The molecule has 0 aliphatic heterocycles. The molecule has 4 rings (SSSR count). The van der Waals surface area contributed by atoms with Gasteiger partial charge in [0.1, 0.15) is 11.1 Å². The fourth-order valence-corrected chi connectivity index (χ4v) is 3.34. The van der Waals surface area contributed by atoms with Gasteiger partial charge in [0.05, 0.1) is 10.9 Å². The molecule has 3 heterocycles. The van der Waals surface area contributed by atoms with Crippen molar-refractivity contribution in [3.05, 3.63) is 82.2 Å². The summed E-state index contributed by atoms with van der Waals surface area (Å²) in [5.41, 5.74) is 1.22. The van der Waals surface area contributed by atoms with Crippen molar-refractivity contribution in [3.63, 3.8) is 0 Å². The summed E-state index contributed by atoms with van der Waals surface area (Å²) in [5, 5.41) is 11.8. The average Bonchev–Trinajstić information content (AvgIpc) is 2.77. The standard InChI is InChI=1S/C22H21N5O3/c1-30-13-7-11-24-21(28)16-14-17-20(25-18-10-5-6-12-26(18)22(17)29)27(19(16)23)15-8-3-2-4-9-15/h2-6,8-10,12,14,23H,7,11,13H2,1H3,(H,24,28). The molecular weight excluding hydrogens is 382 g/mol. The van der Waals surface area contributed by atoms with Crippen molar-refractivity contribution < 1.29 is 9.53 Å². The summed E-state index contributed by atoms with van der Waals surface area (Å²) in [4.78, 5) is 30.6. The van der Waals surface area contributed by atoms with Crippen molar-refractivity contribution in [2.24, 2.45) is 0 Å². The van der Waals surface area contributed by atoms with Crippen LogP contribution >= 0.6 is 0 Å². The molecule has 0 unspecified atom stereocenters. The van der Waals surface area contributed by atoms with E-state index in [9.17, 15) is 9.59 Å². The second-order valence-corrected chi connectivity index (χ2v) is 6.76. The number of hydrogen-bond acceptors (Lipinski definition) is 5. The minimum absolute atomic E-state index is 0.0369. The number of amides is 1. The molecule has 8 heteroatoms. The third kappa shape index (κ3) is 3.48. The van der Waals surface area contributed by atoms with E-state index in [1.165, 1.54) is 15.0 Å². The molecule has 0 saturated carbocycles. The number of hydrogen-bond donors (Lipinski definition) is 2. The van der Waals surface area contributed by atoms with Crippen LogP contribution in [0.15, 0.2) is 65.6 Å². The summed E-state index contributed by atoms with van der Waals surface area (Å²) in [5.74, 6) is -0.416. The van der Waals surface area contributed by atoms with Crippen molar-refractivity contribution in [2.75, 3.05) is 20.3 Å². The lowest BCUT2D eigenvalue weighted by Crippen LogP contribution is -2.35. The molecule has 30 heavy (non-hydrogen) atoms. The maximum atomic E-state index is 13.2. The van der Waals surface area contributed by atoms with Gasteiger partial charge in [-0.15, -0.1) is 0 Å². The van der Waals surface area contributed by atoms with Crippen LogP contribution < -0.4 is 16.4 Å². The highest BCUT2D eigenvalue weighted by Gasteiger charge is 2.18. The van der Waals surface area contributed by atoms with Crippen LogP contribution in [0.2, 0.25) is 0 Å². The second-order valence-electron chi connectivity index (χ2n) is 6.76. The number of nitrogens with one attached hydrogen (secondary N) is 2. The van der Waals surface area contributed by atoms with E-state index in [1.807, 2.05) is 30.3 Å². The van der Waals surface area contributed by atoms with Crippen molar-refractivity contribution >= 4 is 22.6 Å². The summed E-state index contributed by atoms with van der Waals surface area (Å²) in [6, 6.07) is 15.9. The minimum atomic E-state index is -0.416. The highest BCUT2D eigenvalue weighted by atomic mass is 16.5. The highest BCUT2D eigenvalue weighted by Crippen LogP contribution is 2.15. The maximum Gasteiger partial charge on any atom is 0.267 e. The Morgan fingerprint density at radius 1 is 1.17 bits per heavy atom. The number of carbonyl (C=O) groups is 1. The van der Waals surface area contributed by atoms with Gasteiger partial charge >= 0.3 is 0 Å². The van der Waals surface area contributed by atoms with Gasteiger partial charge in [-0.3, -0.25) is 24.0 Å². The van der Waals surface area contributed by atoms with E-state index in [0.29, 0.717) is 36.6 Å². The van der Waals surface area contributed by atoms with Crippen molar-refractivity contribution in [1.29, 1.82) is 5.41 Å². The van der Waals surface area contributed by atoms with Crippen LogP contribution in [0.25, 0.3) is 22.4 Å². The number of rotatable bonds is 6. The van der Waals surface area contributed by atoms with Crippen molar-refractivity contribution in [2.45, 2.75) is 6.42 Å². The van der Waals surface area contributed by atoms with Crippen molar-refractivity contribution in [1.82, 2.24) is 19.3 Å². The summed E-state index contributed by atoms with van der Waals surface area (Å²) < 4.78 is 7.97. The monoisotopic (exact) mass is 403 g/mol. The number of aromatic nitrogens is 3. The first-order valence-corrected chi connectivity index (χ1v) is 9.56. The highest BCUT2D eigenvalue weighted by molar-refractivity contribution is 5.97. The normalized spacial score (nSPS) is 11.1. The zero-order chi connectivity index (χ0) is 21.1. The van der Waals surface area contributed by atoms with Crippen LogP contribution in [-0.4, -0.2) is 40.1 Å². The van der Waals surface area contributed by atoms with E-state index in [2.05, 4.69) is 10.3 Å². The first-order valence-electron chi connectivity index (χ1n) is 9.56. The minimum Gasteiger partial charge on any atom is -0.385 e. The lowest BCUT2D eigenvalue weighted by atomic mass is 10.1. The zero-order valence-electron chi connectivity index (χ0n) is 16.5. The van der Waals surface area contributed by atoms with E-state index in [4.69, 9.17) is 10.1 Å². The van der Waals surface area contributed by atoms with E-state index >= 15 is 0 Å². The van der Waals surface area contributed by atoms with Gasteiger partial charge in [-0.1, -0.05) is 24.3 Å². The molecule has 0 saturated heterocycles. The van der Waals surface area contributed by atoms with E-state index in [-0.39, 0.29) is 22.0 Å². The Morgan fingerprint density at radius 3 is 2.70 bits per heavy atom. The van der Waals surface area contributed by atoms with Crippen LogP contribution in [-0.2, 0) is 4.74 Å². The molecule has 0 spiro atoms. The number of carbonyl (C=O) groups excluding carboxylic acids is 1. The van der Waals surface area contributed by atoms with Gasteiger partial charge in [-0.25, -0.2) is 4.98 Å². The largest absolute Gasteiger partial charge is 0.385 e. The Morgan fingerprint density at radius 2 is 1.93 bits per heavy atom. The van der Waals surface area contributed by atoms with Gasteiger partial charge in [0.15, 0.2) is 5.65 Å². The Hall–Kier alpha value is -3.78. The Labute approximate surface area is 171 Å². The zero-order valence-corrected chi connectivity index (χ0v) is 16.5. The van der Waals surface area contributed by atoms with Gasteiger partial charge in [0, 0.05) is 32.1 Å². The van der Waals surface area contributed by atoms with Crippen LogP contribution in [0.3, 0.4) is 0 Å². The molecule has 0 aliphatic rings. The van der Waals surface area contributed by atoms with Gasteiger partial charge in [0.2, 0.25) is 0 Å². The number of pyridine rings is 2. The molecular formula is C22H21N5O3. The number of benzene rings is 1. The summed E-state index contributed by atoms with van der Waals surface area (Å²) in [6.07, 6.45) is 2.28.